The van der Waals surface area contributed by atoms with Crippen molar-refractivity contribution in [2.45, 2.75) is 37.1 Å². The molecule has 0 aliphatic heterocycles. The summed E-state index contributed by atoms with van der Waals surface area (Å²) in [6.45, 7) is 1.59. The largest absolute Gasteiger partial charge is 0.350 e. The summed E-state index contributed by atoms with van der Waals surface area (Å²) < 4.78 is 30.2. The molecule has 2 heterocycles. The quantitative estimate of drug-likeness (QED) is 0.655. The highest BCUT2D eigenvalue weighted by Gasteiger charge is 2.34. The van der Waals surface area contributed by atoms with Gasteiger partial charge in [-0.3, -0.25) is 4.79 Å². The zero-order chi connectivity index (χ0) is 20.6. The lowest BCUT2D eigenvalue weighted by atomic mass is 9.87. The van der Waals surface area contributed by atoms with Crippen LogP contribution in [0.3, 0.4) is 0 Å². The molecule has 2 aromatic heterocycles. The van der Waals surface area contributed by atoms with Crippen LogP contribution in [0, 0.1) is 0 Å². The molecule has 9 nitrogen and oxygen atoms in total. The van der Waals surface area contributed by atoms with Gasteiger partial charge < -0.3 is 9.84 Å². The van der Waals surface area contributed by atoms with Gasteiger partial charge in [0, 0.05) is 23.9 Å². The molecule has 1 aliphatic carbocycles. The first-order valence-electron chi connectivity index (χ1n) is 9.25. The third-order valence-corrected chi connectivity index (χ3v) is 6.74. The second-order valence-corrected chi connectivity index (χ2v) is 9.70. The summed E-state index contributed by atoms with van der Waals surface area (Å²) in [4.78, 5) is 12.4. The van der Waals surface area contributed by atoms with Crippen LogP contribution in [0.4, 0.5) is 0 Å². The van der Waals surface area contributed by atoms with Crippen molar-refractivity contribution in [3.8, 4) is 11.3 Å². The smallest absolute Gasteiger partial charge is 0.290 e. The average molecular weight is 415 g/mol. The Bertz CT molecular complexity index is 1120. The highest BCUT2D eigenvalue weighted by atomic mass is 32.2. The van der Waals surface area contributed by atoms with E-state index in [2.05, 4.69) is 20.8 Å². The SMILES string of the molecule is C[C@@H](c1cn(C2CC(NC(=O)c3cc(-c4ccccc4)no3)C2)nn1)S(C)(=O)=O. The number of benzene rings is 1. The third kappa shape index (κ3) is 4.07. The summed E-state index contributed by atoms with van der Waals surface area (Å²) in [6.07, 6.45) is 4.21. The highest BCUT2D eigenvalue weighted by molar-refractivity contribution is 7.90. The minimum absolute atomic E-state index is 0.0160. The molecular weight excluding hydrogens is 394 g/mol. The fraction of sp³-hybridized carbons (Fsp3) is 0.368. The van der Waals surface area contributed by atoms with E-state index in [1.165, 1.54) is 6.26 Å². The van der Waals surface area contributed by atoms with Gasteiger partial charge in [0.25, 0.3) is 5.91 Å². The van der Waals surface area contributed by atoms with Crippen molar-refractivity contribution in [2.75, 3.05) is 6.26 Å². The van der Waals surface area contributed by atoms with Crippen molar-refractivity contribution in [1.82, 2.24) is 25.5 Å². The number of carbonyl (C=O) groups excluding carboxylic acids is 1. The van der Waals surface area contributed by atoms with E-state index in [0.717, 1.165) is 5.56 Å². The van der Waals surface area contributed by atoms with E-state index in [1.807, 2.05) is 30.3 Å². The Labute approximate surface area is 168 Å². The first kappa shape index (κ1) is 19.3. The maximum atomic E-state index is 12.4. The van der Waals surface area contributed by atoms with Crippen molar-refractivity contribution in [3.05, 3.63) is 54.0 Å². The zero-order valence-corrected chi connectivity index (χ0v) is 16.8. The van der Waals surface area contributed by atoms with Crippen molar-refractivity contribution >= 4 is 15.7 Å². The van der Waals surface area contributed by atoms with Crippen molar-refractivity contribution in [1.29, 1.82) is 0 Å². The van der Waals surface area contributed by atoms with Crippen molar-refractivity contribution < 1.29 is 17.7 Å². The van der Waals surface area contributed by atoms with Gasteiger partial charge in [-0.15, -0.1) is 5.10 Å². The van der Waals surface area contributed by atoms with Crippen LogP contribution in [-0.4, -0.2) is 46.8 Å². The van der Waals surface area contributed by atoms with E-state index in [-0.39, 0.29) is 23.8 Å². The normalized spacial score (nSPS) is 20.1. The van der Waals surface area contributed by atoms with Gasteiger partial charge in [-0.05, 0) is 19.8 Å². The molecule has 1 aliphatic rings. The summed E-state index contributed by atoms with van der Waals surface area (Å²) >= 11 is 0. The molecular formula is C19H21N5O4S. The summed E-state index contributed by atoms with van der Waals surface area (Å²) in [5, 5.41) is 14.2. The predicted molar refractivity (Wildman–Crippen MR) is 105 cm³/mol. The second kappa shape index (κ2) is 7.43. The maximum absolute atomic E-state index is 12.4. The molecule has 10 heteroatoms. The van der Waals surface area contributed by atoms with Crippen LogP contribution in [0.1, 0.15) is 47.3 Å². The lowest BCUT2D eigenvalue weighted by molar-refractivity contribution is 0.0850. The molecule has 1 saturated carbocycles. The molecule has 0 radical (unpaired) electrons. The lowest BCUT2D eigenvalue weighted by Crippen LogP contribution is -2.45. The fourth-order valence-electron chi connectivity index (χ4n) is 3.18. The topological polar surface area (TPSA) is 120 Å². The molecule has 1 amide bonds. The Morgan fingerprint density at radius 1 is 1.28 bits per heavy atom. The average Bonchev–Trinajstić information content (AvgIpc) is 3.33. The van der Waals surface area contributed by atoms with Crippen molar-refractivity contribution in [2.24, 2.45) is 0 Å². The first-order valence-corrected chi connectivity index (χ1v) is 11.2. The molecule has 0 saturated heterocycles. The summed E-state index contributed by atoms with van der Waals surface area (Å²) in [5.41, 5.74) is 1.91. The molecule has 0 bridgehead atoms. The fourth-order valence-corrected chi connectivity index (χ4v) is 3.73. The van der Waals surface area contributed by atoms with Crippen LogP contribution in [0.15, 0.2) is 47.1 Å². The minimum atomic E-state index is -3.22. The maximum Gasteiger partial charge on any atom is 0.290 e. The molecule has 4 rings (SSSR count). The number of hydrogen-bond donors (Lipinski definition) is 1. The molecule has 1 N–H and O–H groups in total. The second-order valence-electron chi connectivity index (χ2n) is 7.33. The van der Waals surface area contributed by atoms with Gasteiger partial charge in [-0.25, -0.2) is 13.1 Å². The minimum Gasteiger partial charge on any atom is -0.350 e. The zero-order valence-electron chi connectivity index (χ0n) is 16.0. The lowest BCUT2D eigenvalue weighted by Gasteiger charge is -2.35. The van der Waals surface area contributed by atoms with E-state index in [4.69, 9.17) is 4.52 Å². The van der Waals surface area contributed by atoms with Crippen molar-refractivity contribution in [3.63, 3.8) is 0 Å². The summed E-state index contributed by atoms with van der Waals surface area (Å²) in [7, 11) is -3.22. The monoisotopic (exact) mass is 415 g/mol. The molecule has 1 fully saturated rings. The van der Waals surface area contributed by atoms with Crippen LogP contribution in [0.25, 0.3) is 11.3 Å². The molecule has 0 spiro atoms. The Balaban J connectivity index is 1.33. The number of aromatic nitrogens is 4. The van der Waals surface area contributed by atoms with Crippen LogP contribution < -0.4 is 5.32 Å². The molecule has 1 aromatic carbocycles. The molecule has 3 aromatic rings. The number of carbonyl (C=O) groups is 1. The summed E-state index contributed by atoms with van der Waals surface area (Å²) in [6, 6.07) is 11.2. The van der Waals surface area contributed by atoms with Gasteiger partial charge in [0.1, 0.15) is 16.6 Å². The van der Waals surface area contributed by atoms with Crippen LogP contribution in [0.2, 0.25) is 0 Å². The van der Waals surface area contributed by atoms with Gasteiger partial charge >= 0.3 is 0 Å². The van der Waals surface area contributed by atoms with Gasteiger partial charge in [-0.2, -0.15) is 0 Å². The number of hydrogen-bond acceptors (Lipinski definition) is 7. The number of amides is 1. The Kier molecular flexibility index (Phi) is 4.95. The van der Waals surface area contributed by atoms with Gasteiger partial charge in [0.05, 0.1) is 12.2 Å². The Morgan fingerprint density at radius 2 is 2.00 bits per heavy atom. The molecule has 1 atom stereocenters. The molecule has 0 unspecified atom stereocenters. The predicted octanol–water partition coefficient (Wildman–Crippen LogP) is 2.17. The highest BCUT2D eigenvalue weighted by Crippen LogP contribution is 2.32. The van der Waals surface area contributed by atoms with Gasteiger partial charge in [0.2, 0.25) is 5.76 Å². The van der Waals surface area contributed by atoms with E-state index in [9.17, 15) is 13.2 Å². The number of rotatable bonds is 6. The van der Waals surface area contributed by atoms with E-state index in [0.29, 0.717) is 24.2 Å². The number of nitrogens with one attached hydrogen (secondary N) is 1. The van der Waals surface area contributed by atoms with E-state index < -0.39 is 15.1 Å². The van der Waals surface area contributed by atoms with Crippen LogP contribution >= 0.6 is 0 Å². The number of nitrogens with zero attached hydrogens (tertiary/aromatic N) is 4. The van der Waals surface area contributed by atoms with Gasteiger partial charge in [0.15, 0.2) is 9.84 Å². The Morgan fingerprint density at radius 3 is 2.69 bits per heavy atom. The molecule has 29 heavy (non-hydrogen) atoms. The van der Waals surface area contributed by atoms with Gasteiger partial charge in [-0.1, -0.05) is 40.7 Å². The van der Waals surface area contributed by atoms with E-state index >= 15 is 0 Å². The molecule has 152 valence electrons. The van der Waals surface area contributed by atoms with Crippen LogP contribution in [-0.2, 0) is 9.84 Å². The number of sulfone groups is 1. The van der Waals surface area contributed by atoms with E-state index in [1.54, 1.807) is 23.9 Å². The standard InChI is InChI=1S/C19H21N5O4S/c1-12(29(2,26)27)17-11-24(23-21-17)15-8-14(9-15)20-19(25)18-10-16(22-28-18)13-6-4-3-5-7-13/h3-7,10-12,14-15H,8-9H2,1-2H3,(H,20,25)/t12-,14?,15?/m0/s1. The van der Waals surface area contributed by atoms with Crippen LogP contribution in [0.5, 0.6) is 0 Å². The summed E-state index contributed by atoms with van der Waals surface area (Å²) in [5.74, 6) is -0.148. The first-order chi connectivity index (χ1) is 13.8. The Hall–Kier alpha value is -3.01. The third-order valence-electron chi connectivity index (χ3n) is 5.21.